The molecule has 3 aromatic rings. The van der Waals surface area contributed by atoms with Gasteiger partial charge in [-0.2, -0.15) is 5.10 Å². The van der Waals surface area contributed by atoms with Gasteiger partial charge in [-0.25, -0.2) is 4.39 Å². The van der Waals surface area contributed by atoms with Gasteiger partial charge in [0.25, 0.3) is 11.8 Å². The molecule has 1 aromatic heterocycles. The topological polar surface area (TPSA) is 85.3 Å². The zero-order chi connectivity index (χ0) is 21.8. The number of aromatic nitrogens is 2. The van der Waals surface area contributed by atoms with Crippen molar-refractivity contribution in [1.82, 2.24) is 20.4 Å². The van der Waals surface area contributed by atoms with Crippen LogP contribution in [-0.4, -0.2) is 39.3 Å². The Balaban J connectivity index is 1.15. The lowest BCUT2D eigenvalue weighted by Gasteiger charge is -2.70. The monoisotopic (exact) mass is 442 g/mol. The molecule has 0 spiro atoms. The van der Waals surface area contributed by atoms with E-state index in [9.17, 15) is 14.0 Å². The minimum atomic E-state index is -0.599. The molecular formula is C22H20ClFN4O3. The summed E-state index contributed by atoms with van der Waals surface area (Å²) in [7, 11) is 1.76. The summed E-state index contributed by atoms with van der Waals surface area (Å²) in [4.78, 5) is 25.1. The number of nitrogens with zero attached hydrogens (tertiary/aromatic N) is 2. The molecule has 0 radical (unpaired) electrons. The second kappa shape index (κ2) is 6.95. The van der Waals surface area contributed by atoms with Crippen molar-refractivity contribution in [2.75, 3.05) is 6.61 Å². The number of amides is 2. The second-order valence-electron chi connectivity index (χ2n) is 8.45. The molecule has 9 heteroatoms. The van der Waals surface area contributed by atoms with E-state index >= 15 is 0 Å². The van der Waals surface area contributed by atoms with E-state index < -0.39 is 5.82 Å². The summed E-state index contributed by atoms with van der Waals surface area (Å²) in [6.45, 7) is -0.219. The fourth-order valence-corrected chi connectivity index (χ4v) is 4.93. The highest BCUT2D eigenvalue weighted by atomic mass is 35.5. The Kier molecular flexibility index (Phi) is 4.44. The Bertz CT molecular complexity index is 1200. The van der Waals surface area contributed by atoms with Gasteiger partial charge in [-0.05, 0) is 37.5 Å². The van der Waals surface area contributed by atoms with Crippen LogP contribution in [0.4, 0.5) is 4.39 Å². The van der Waals surface area contributed by atoms with Crippen LogP contribution in [0.2, 0.25) is 5.02 Å². The smallest absolute Gasteiger partial charge is 0.270 e. The molecule has 3 aliphatic carbocycles. The van der Waals surface area contributed by atoms with E-state index in [0.29, 0.717) is 25.0 Å². The van der Waals surface area contributed by atoms with Gasteiger partial charge in [0.1, 0.15) is 17.3 Å². The minimum absolute atomic E-state index is 0.00265. The fourth-order valence-electron chi connectivity index (χ4n) is 4.82. The average Bonchev–Trinajstić information content (AvgIpc) is 3.02. The van der Waals surface area contributed by atoms with E-state index in [0.717, 1.165) is 17.0 Å². The highest BCUT2D eigenvalue weighted by Gasteiger charge is 2.69. The highest BCUT2D eigenvalue weighted by Crippen LogP contribution is 2.60. The van der Waals surface area contributed by atoms with Gasteiger partial charge < -0.3 is 15.4 Å². The Labute approximate surface area is 182 Å². The molecule has 31 heavy (non-hydrogen) atoms. The average molecular weight is 443 g/mol. The number of carbonyl (C=O) groups is 2. The first-order valence-electron chi connectivity index (χ1n) is 9.91. The number of nitrogens with one attached hydrogen (secondary N) is 2. The number of fused-ring (bicyclic) bond motifs is 1. The number of benzene rings is 2. The first kappa shape index (κ1) is 19.8. The van der Waals surface area contributed by atoms with Crippen molar-refractivity contribution in [1.29, 1.82) is 0 Å². The molecule has 2 N–H and O–H groups in total. The molecule has 160 valence electrons. The summed E-state index contributed by atoms with van der Waals surface area (Å²) in [5, 5.41) is 11.3. The number of hydrogen-bond acceptors (Lipinski definition) is 4. The number of carbonyl (C=O) groups excluding carboxylic acids is 2. The van der Waals surface area contributed by atoms with Crippen LogP contribution in [0.1, 0.15) is 29.8 Å². The Hall–Kier alpha value is -3.13. The maximum atomic E-state index is 13.5. The zero-order valence-electron chi connectivity index (χ0n) is 16.7. The SMILES string of the molecule is Cn1nc2ccccc2c1C(=O)NC12CC(NC(=O)COc3ccc(Cl)c(F)c3)(C1)C2. The van der Waals surface area contributed by atoms with Crippen LogP contribution in [0.25, 0.3) is 10.9 Å². The molecule has 0 unspecified atom stereocenters. The zero-order valence-corrected chi connectivity index (χ0v) is 17.5. The van der Waals surface area contributed by atoms with Gasteiger partial charge in [-0.1, -0.05) is 29.8 Å². The van der Waals surface area contributed by atoms with Crippen molar-refractivity contribution in [3.8, 4) is 5.75 Å². The third-order valence-electron chi connectivity index (χ3n) is 6.03. The Morgan fingerprint density at radius 3 is 2.61 bits per heavy atom. The van der Waals surface area contributed by atoms with Crippen molar-refractivity contribution >= 4 is 34.3 Å². The molecule has 0 aliphatic heterocycles. The van der Waals surface area contributed by atoms with Crippen molar-refractivity contribution in [2.45, 2.75) is 30.3 Å². The summed E-state index contributed by atoms with van der Waals surface area (Å²) in [5.41, 5.74) is 0.697. The minimum Gasteiger partial charge on any atom is -0.484 e. The third-order valence-corrected chi connectivity index (χ3v) is 6.34. The third kappa shape index (κ3) is 3.40. The molecule has 3 fully saturated rings. The van der Waals surface area contributed by atoms with Crippen LogP contribution in [0, 0.1) is 5.82 Å². The van der Waals surface area contributed by atoms with Crippen molar-refractivity contribution in [2.24, 2.45) is 7.05 Å². The number of hydrogen-bond donors (Lipinski definition) is 2. The maximum absolute atomic E-state index is 13.5. The molecule has 1 heterocycles. The van der Waals surface area contributed by atoms with Gasteiger partial charge in [0.2, 0.25) is 0 Å². The van der Waals surface area contributed by atoms with E-state index in [-0.39, 0.29) is 40.3 Å². The Morgan fingerprint density at radius 1 is 1.16 bits per heavy atom. The van der Waals surface area contributed by atoms with E-state index in [1.165, 1.54) is 12.1 Å². The molecule has 2 amide bonds. The number of aryl methyl sites for hydroxylation is 1. The lowest BCUT2D eigenvalue weighted by atomic mass is 9.44. The lowest BCUT2D eigenvalue weighted by Crippen LogP contribution is -2.84. The van der Waals surface area contributed by atoms with Gasteiger partial charge in [0.15, 0.2) is 6.61 Å². The molecule has 2 aromatic carbocycles. The van der Waals surface area contributed by atoms with Crippen LogP contribution < -0.4 is 15.4 Å². The van der Waals surface area contributed by atoms with Gasteiger partial charge in [0, 0.05) is 29.6 Å². The largest absolute Gasteiger partial charge is 0.484 e. The number of ether oxygens (including phenoxy) is 1. The van der Waals surface area contributed by atoms with E-state index in [1.54, 1.807) is 11.7 Å². The molecular weight excluding hydrogens is 423 g/mol. The van der Waals surface area contributed by atoms with Gasteiger partial charge in [-0.3, -0.25) is 14.3 Å². The lowest BCUT2D eigenvalue weighted by molar-refractivity contribution is -0.141. The summed E-state index contributed by atoms with van der Waals surface area (Å²) < 4.78 is 20.4. The van der Waals surface area contributed by atoms with E-state index in [1.807, 2.05) is 24.3 Å². The standard InChI is InChI=1S/C22H20ClFN4O3/c1-28-19(14-4-2-3-5-17(14)27-28)20(30)26-22-10-21(11-22,12-22)25-18(29)9-31-13-6-7-15(23)16(24)8-13/h2-8H,9-12H2,1H3,(H,25,29)(H,26,30). The molecule has 3 saturated carbocycles. The van der Waals surface area contributed by atoms with E-state index in [4.69, 9.17) is 16.3 Å². The number of rotatable bonds is 6. The number of halogens is 2. The molecule has 3 aliphatic rings. The summed E-state index contributed by atoms with van der Waals surface area (Å²) in [6, 6.07) is 11.6. The summed E-state index contributed by atoms with van der Waals surface area (Å²) >= 11 is 5.64. The first-order chi connectivity index (χ1) is 14.8. The predicted molar refractivity (Wildman–Crippen MR) is 113 cm³/mol. The molecule has 6 rings (SSSR count). The molecule has 0 saturated heterocycles. The predicted octanol–water partition coefficient (Wildman–Crippen LogP) is 2.97. The van der Waals surface area contributed by atoms with Gasteiger partial charge in [-0.15, -0.1) is 0 Å². The van der Waals surface area contributed by atoms with Gasteiger partial charge in [0.05, 0.1) is 10.5 Å². The van der Waals surface area contributed by atoms with Gasteiger partial charge >= 0.3 is 0 Å². The van der Waals surface area contributed by atoms with Crippen LogP contribution in [-0.2, 0) is 11.8 Å². The molecule has 7 nitrogen and oxygen atoms in total. The van der Waals surface area contributed by atoms with E-state index in [2.05, 4.69) is 15.7 Å². The summed E-state index contributed by atoms with van der Waals surface area (Å²) in [6.07, 6.45) is 2.01. The molecule has 0 atom stereocenters. The first-order valence-corrected chi connectivity index (χ1v) is 10.3. The maximum Gasteiger partial charge on any atom is 0.270 e. The van der Waals surface area contributed by atoms with Crippen molar-refractivity contribution in [3.63, 3.8) is 0 Å². The van der Waals surface area contributed by atoms with Crippen LogP contribution in [0.15, 0.2) is 42.5 Å². The normalized spacial score (nSPS) is 23.6. The van der Waals surface area contributed by atoms with Crippen LogP contribution in [0.5, 0.6) is 5.75 Å². The van der Waals surface area contributed by atoms with Crippen LogP contribution >= 0.6 is 11.6 Å². The Morgan fingerprint density at radius 2 is 1.87 bits per heavy atom. The fraction of sp³-hybridized carbons (Fsp3) is 0.318. The highest BCUT2D eigenvalue weighted by molar-refractivity contribution is 6.30. The van der Waals surface area contributed by atoms with Crippen molar-refractivity contribution in [3.05, 3.63) is 59.0 Å². The molecule has 2 bridgehead atoms. The van der Waals surface area contributed by atoms with Crippen molar-refractivity contribution < 1.29 is 18.7 Å². The quantitative estimate of drug-likeness (QED) is 0.614. The summed E-state index contributed by atoms with van der Waals surface area (Å²) in [5.74, 6) is -0.809. The second-order valence-corrected chi connectivity index (χ2v) is 8.85. The van der Waals surface area contributed by atoms with Crippen LogP contribution in [0.3, 0.4) is 0 Å².